The number of para-hydroxylation sites is 3. The highest BCUT2D eigenvalue weighted by Crippen LogP contribution is 2.23. The standard InChI is InChI=1S/C25H23BrClN3O2/c26-19-13-11-18(12-14-19)25(31)28-15-5-10-24-29-21-7-2-3-8-22(21)30(24)16-17-32-23-9-4-1-6-20(23)27/h1-4,6-9,11-14H,5,10,15-17H2,(H,28,31). The molecule has 0 bridgehead atoms. The maximum atomic E-state index is 12.3. The second-order valence-electron chi connectivity index (χ2n) is 7.31. The zero-order valence-electron chi connectivity index (χ0n) is 17.4. The lowest BCUT2D eigenvalue weighted by molar-refractivity contribution is 0.0953. The highest BCUT2D eigenvalue weighted by atomic mass is 79.9. The van der Waals surface area contributed by atoms with Crippen LogP contribution in [-0.2, 0) is 13.0 Å². The second kappa shape index (κ2) is 10.7. The van der Waals surface area contributed by atoms with Crippen molar-refractivity contribution < 1.29 is 9.53 Å². The fourth-order valence-electron chi connectivity index (χ4n) is 3.53. The number of carbonyl (C=O) groups excluding carboxylic acids is 1. The van der Waals surface area contributed by atoms with Crippen LogP contribution in [0.1, 0.15) is 22.6 Å². The Balaban J connectivity index is 1.37. The molecule has 1 amide bonds. The number of nitrogens with zero attached hydrogens (tertiary/aromatic N) is 2. The van der Waals surface area contributed by atoms with Gasteiger partial charge >= 0.3 is 0 Å². The third-order valence-corrected chi connectivity index (χ3v) is 5.95. The Kier molecular flexibility index (Phi) is 7.45. The maximum Gasteiger partial charge on any atom is 0.251 e. The van der Waals surface area contributed by atoms with E-state index in [0.29, 0.717) is 36.0 Å². The third-order valence-electron chi connectivity index (χ3n) is 5.11. The predicted octanol–water partition coefficient (Wildman–Crippen LogP) is 5.89. The van der Waals surface area contributed by atoms with E-state index in [-0.39, 0.29) is 5.91 Å². The van der Waals surface area contributed by atoms with E-state index in [4.69, 9.17) is 21.3 Å². The molecular formula is C25H23BrClN3O2. The van der Waals surface area contributed by atoms with E-state index in [1.165, 1.54) is 0 Å². The number of aromatic nitrogens is 2. The number of halogens is 2. The van der Waals surface area contributed by atoms with Crippen molar-refractivity contribution >= 4 is 44.5 Å². The van der Waals surface area contributed by atoms with E-state index in [0.717, 1.165) is 34.2 Å². The van der Waals surface area contributed by atoms with Gasteiger partial charge in [-0.2, -0.15) is 0 Å². The Morgan fingerprint density at radius 3 is 2.59 bits per heavy atom. The first kappa shape index (κ1) is 22.4. The van der Waals surface area contributed by atoms with Gasteiger partial charge in [0.15, 0.2) is 0 Å². The fourth-order valence-corrected chi connectivity index (χ4v) is 3.98. The van der Waals surface area contributed by atoms with Crippen molar-refractivity contribution in [3.63, 3.8) is 0 Å². The van der Waals surface area contributed by atoms with E-state index in [2.05, 4.69) is 31.9 Å². The number of fused-ring (bicyclic) bond motifs is 1. The van der Waals surface area contributed by atoms with Crippen LogP contribution in [-0.4, -0.2) is 28.6 Å². The van der Waals surface area contributed by atoms with Gasteiger partial charge in [0.2, 0.25) is 0 Å². The van der Waals surface area contributed by atoms with Crippen molar-refractivity contribution in [1.29, 1.82) is 0 Å². The van der Waals surface area contributed by atoms with Gasteiger partial charge in [-0.15, -0.1) is 0 Å². The molecule has 0 fully saturated rings. The van der Waals surface area contributed by atoms with Gasteiger partial charge in [-0.3, -0.25) is 4.79 Å². The van der Waals surface area contributed by atoms with Gasteiger partial charge in [-0.1, -0.05) is 51.8 Å². The number of nitrogens with one attached hydrogen (secondary N) is 1. The van der Waals surface area contributed by atoms with E-state index in [1.807, 2.05) is 54.6 Å². The molecule has 0 aliphatic heterocycles. The minimum atomic E-state index is -0.0702. The topological polar surface area (TPSA) is 56.2 Å². The number of hydrogen-bond donors (Lipinski definition) is 1. The largest absolute Gasteiger partial charge is 0.490 e. The van der Waals surface area contributed by atoms with E-state index < -0.39 is 0 Å². The van der Waals surface area contributed by atoms with Crippen LogP contribution < -0.4 is 10.1 Å². The van der Waals surface area contributed by atoms with Crippen molar-refractivity contribution in [3.8, 4) is 5.75 Å². The van der Waals surface area contributed by atoms with E-state index in [9.17, 15) is 4.79 Å². The van der Waals surface area contributed by atoms with Crippen LogP contribution in [0.5, 0.6) is 5.75 Å². The van der Waals surface area contributed by atoms with E-state index >= 15 is 0 Å². The molecule has 7 heteroatoms. The minimum absolute atomic E-state index is 0.0702. The summed E-state index contributed by atoms with van der Waals surface area (Å²) in [5.41, 5.74) is 2.68. The Bertz CT molecular complexity index is 1210. The molecule has 3 aromatic carbocycles. The lowest BCUT2D eigenvalue weighted by Gasteiger charge is -2.12. The number of aryl methyl sites for hydroxylation is 1. The highest BCUT2D eigenvalue weighted by Gasteiger charge is 2.11. The predicted molar refractivity (Wildman–Crippen MR) is 131 cm³/mol. The molecule has 4 rings (SSSR count). The first-order chi connectivity index (χ1) is 15.6. The Morgan fingerprint density at radius 1 is 1.03 bits per heavy atom. The average Bonchev–Trinajstić information content (AvgIpc) is 3.16. The molecular weight excluding hydrogens is 490 g/mol. The summed E-state index contributed by atoms with van der Waals surface area (Å²) in [6.45, 7) is 1.72. The normalized spacial score (nSPS) is 10.9. The lowest BCUT2D eigenvalue weighted by Crippen LogP contribution is -2.25. The summed E-state index contributed by atoms with van der Waals surface area (Å²) in [5, 5.41) is 3.58. The highest BCUT2D eigenvalue weighted by molar-refractivity contribution is 9.10. The molecule has 0 saturated heterocycles. The zero-order valence-corrected chi connectivity index (χ0v) is 19.8. The van der Waals surface area contributed by atoms with Gasteiger partial charge in [0.1, 0.15) is 18.2 Å². The van der Waals surface area contributed by atoms with Crippen LogP contribution in [0.15, 0.2) is 77.3 Å². The van der Waals surface area contributed by atoms with Crippen molar-refractivity contribution in [3.05, 3.63) is 93.7 Å². The van der Waals surface area contributed by atoms with Crippen molar-refractivity contribution in [2.75, 3.05) is 13.2 Å². The first-order valence-electron chi connectivity index (χ1n) is 10.5. The van der Waals surface area contributed by atoms with Gasteiger partial charge in [0.25, 0.3) is 5.91 Å². The number of ether oxygens (including phenoxy) is 1. The molecule has 0 atom stereocenters. The molecule has 32 heavy (non-hydrogen) atoms. The van der Waals surface area contributed by atoms with Gasteiger partial charge in [0, 0.05) is 23.0 Å². The van der Waals surface area contributed by atoms with E-state index in [1.54, 1.807) is 12.1 Å². The third kappa shape index (κ3) is 5.50. The number of rotatable bonds is 9. The summed E-state index contributed by atoms with van der Waals surface area (Å²) in [7, 11) is 0. The second-order valence-corrected chi connectivity index (χ2v) is 8.64. The van der Waals surface area contributed by atoms with Crippen molar-refractivity contribution in [1.82, 2.24) is 14.9 Å². The molecule has 1 aromatic heterocycles. The molecule has 4 aromatic rings. The van der Waals surface area contributed by atoms with Crippen molar-refractivity contribution in [2.45, 2.75) is 19.4 Å². The smallest absolute Gasteiger partial charge is 0.251 e. The number of imidazole rings is 1. The molecule has 1 N–H and O–H groups in total. The molecule has 0 unspecified atom stereocenters. The molecule has 0 radical (unpaired) electrons. The molecule has 164 valence electrons. The van der Waals surface area contributed by atoms with Gasteiger partial charge in [-0.25, -0.2) is 4.98 Å². The molecule has 0 spiro atoms. The number of amides is 1. The minimum Gasteiger partial charge on any atom is -0.490 e. The quantitative estimate of drug-likeness (QED) is 0.284. The first-order valence-corrected chi connectivity index (χ1v) is 11.6. The number of benzene rings is 3. The SMILES string of the molecule is O=C(NCCCc1nc2ccccc2n1CCOc1ccccc1Cl)c1ccc(Br)cc1. The van der Waals surface area contributed by atoms with Crippen LogP contribution >= 0.6 is 27.5 Å². The molecule has 0 saturated carbocycles. The zero-order chi connectivity index (χ0) is 22.3. The summed E-state index contributed by atoms with van der Waals surface area (Å²) < 4.78 is 9.02. The molecule has 0 aliphatic carbocycles. The van der Waals surface area contributed by atoms with Crippen LogP contribution in [0, 0.1) is 0 Å². The summed E-state index contributed by atoms with van der Waals surface area (Å²) in [6, 6.07) is 22.9. The Hall–Kier alpha value is -2.83. The van der Waals surface area contributed by atoms with Gasteiger partial charge < -0.3 is 14.6 Å². The van der Waals surface area contributed by atoms with Gasteiger partial charge in [0.05, 0.1) is 22.6 Å². The lowest BCUT2D eigenvalue weighted by atomic mass is 10.2. The molecule has 0 aliphatic rings. The summed E-state index contributed by atoms with van der Waals surface area (Å²) in [5.74, 6) is 1.58. The molecule has 1 heterocycles. The van der Waals surface area contributed by atoms with Crippen LogP contribution in [0.3, 0.4) is 0 Å². The average molecular weight is 513 g/mol. The van der Waals surface area contributed by atoms with Crippen LogP contribution in [0.2, 0.25) is 5.02 Å². The summed E-state index contributed by atoms with van der Waals surface area (Å²) >= 11 is 9.58. The number of carbonyl (C=O) groups is 1. The van der Waals surface area contributed by atoms with Crippen LogP contribution in [0.4, 0.5) is 0 Å². The summed E-state index contributed by atoms with van der Waals surface area (Å²) in [6.07, 6.45) is 1.54. The van der Waals surface area contributed by atoms with Gasteiger partial charge in [-0.05, 0) is 55.0 Å². The number of hydrogen-bond acceptors (Lipinski definition) is 3. The molecule has 5 nitrogen and oxygen atoms in total. The fraction of sp³-hybridized carbons (Fsp3) is 0.200. The Morgan fingerprint density at radius 2 is 1.78 bits per heavy atom. The maximum absolute atomic E-state index is 12.3. The van der Waals surface area contributed by atoms with Crippen molar-refractivity contribution in [2.24, 2.45) is 0 Å². The monoisotopic (exact) mass is 511 g/mol. The Labute approximate surface area is 200 Å². The van der Waals surface area contributed by atoms with Crippen LogP contribution in [0.25, 0.3) is 11.0 Å². The summed E-state index contributed by atoms with van der Waals surface area (Å²) in [4.78, 5) is 17.1.